The third-order valence-electron chi connectivity index (χ3n) is 14.0. The molecular formula is C61H43NO. The van der Waals surface area contributed by atoms with Crippen molar-refractivity contribution in [3.8, 4) is 33.4 Å². The van der Waals surface area contributed by atoms with Gasteiger partial charge in [-0.2, -0.15) is 0 Å². The number of anilines is 3. The van der Waals surface area contributed by atoms with E-state index in [4.69, 9.17) is 4.42 Å². The minimum absolute atomic E-state index is 0.134. The minimum atomic E-state index is -0.467. The Bertz CT molecular complexity index is 3610. The standard InChI is InChI=1S/C61H43NO/c1-60(2,3)55-36-40-17-5-7-20-45(40)57-50-25-15-29-56(58(50)63-59(55)57)62(41-32-30-39(31-33-41)44-24-14-18-38-16-4-6-19-43(38)44)42-34-35-49-48-23-10-13-28-53(48)61(54(49)37-42)51-26-11-8-21-46(51)47-22-9-12-27-52(47)61/h4-37H,1-3H3. The van der Waals surface area contributed by atoms with Crippen LogP contribution in [0.5, 0.6) is 0 Å². The summed E-state index contributed by atoms with van der Waals surface area (Å²) in [7, 11) is 0. The summed E-state index contributed by atoms with van der Waals surface area (Å²) in [4.78, 5) is 2.43. The van der Waals surface area contributed by atoms with E-state index in [1.54, 1.807) is 0 Å². The van der Waals surface area contributed by atoms with Gasteiger partial charge in [-0.25, -0.2) is 0 Å². The molecule has 2 heteroatoms. The highest BCUT2D eigenvalue weighted by Gasteiger charge is 2.51. The molecule has 10 aromatic carbocycles. The second-order valence-corrected chi connectivity index (χ2v) is 18.4. The van der Waals surface area contributed by atoms with Crippen LogP contribution in [0.3, 0.4) is 0 Å². The molecule has 11 aromatic rings. The predicted molar refractivity (Wildman–Crippen MR) is 264 cm³/mol. The van der Waals surface area contributed by atoms with Gasteiger partial charge in [0.05, 0.1) is 11.1 Å². The molecule has 0 fully saturated rings. The Morgan fingerprint density at radius 3 is 1.60 bits per heavy atom. The lowest BCUT2D eigenvalue weighted by atomic mass is 9.70. The zero-order valence-corrected chi connectivity index (χ0v) is 35.5. The third kappa shape index (κ3) is 5.01. The van der Waals surface area contributed by atoms with Crippen molar-refractivity contribution >= 4 is 60.5 Å². The maximum absolute atomic E-state index is 7.30. The molecule has 0 saturated carbocycles. The van der Waals surface area contributed by atoms with E-state index in [1.807, 2.05) is 0 Å². The second kappa shape index (κ2) is 13.2. The first-order chi connectivity index (χ1) is 30.9. The quantitative estimate of drug-likeness (QED) is 0.176. The van der Waals surface area contributed by atoms with Crippen LogP contribution < -0.4 is 4.90 Å². The summed E-state index contributed by atoms with van der Waals surface area (Å²) in [5, 5.41) is 7.21. The Morgan fingerprint density at radius 2 is 0.921 bits per heavy atom. The van der Waals surface area contributed by atoms with Crippen molar-refractivity contribution in [3.63, 3.8) is 0 Å². The number of hydrogen-bond donors (Lipinski definition) is 0. The van der Waals surface area contributed by atoms with Crippen LogP contribution in [0.2, 0.25) is 0 Å². The van der Waals surface area contributed by atoms with E-state index in [9.17, 15) is 0 Å². The van der Waals surface area contributed by atoms with Crippen molar-refractivity contribution < 1.29 is 4.42 Å². The first-order valence-electron chi connectivity index (χ1n) is 22.1. The Hall–Kier alpha value is -7.68. The molecule has 2 nitrogen and oxygen atoms in total. The Balaban J connectivity index is 1.09. The van der Waals surface area contributed by atoms with E-state index in [-0.39, 0.29) is 5.41 Å². The number of rotatable bonds is 4. The number of fused-ring (bicyclic) bond motifs is 16. The summed E-state index contributed by atoms with van der Waals surface area (Å²) in [5.74, 6) is 0. The van der Waals surface area contributed by atoms with E-state index in [1.165, 1.54) is 88.1 Å². The van der Waals surface area contributed by atoms with E-state index in [2.05, 4.69) is 232 Å². The van der Waals surface area contributed by atoms with E-state index < -0.39 is 5.41 Å². The van der Waals surface area contributed by atoms with Gasteiger partial charge in [-0.15, -0.1) is 0 Å². The van der Waals surface area contributed by atoms with Gasteiger partial charge in [-0.1, -0.05) is 191 Å². The van der Waals surface area contributed by atoms with Crippen LogP contribution in [0.25, 0.3) is 76.9 Å². The van der Waals surface area contributed by atoms with Crippen molar-refractivity contribution in [1.82, 2.24) is 0 Å². The summed E-state index contributed by atoms with van der Waals surface area (Å²) >= 11 is 0. The number of hydrogen-bond acceptors (Lipinski definition) is 2. The summed E-state index contributed by atoms with van der Waals surface area (Å²) in [6, 6.07) is 76.4. The summed E-state index contributed by atoms with van der Waals surface area (Å²) in [5.41, 5.74) is 18.5. The number of furan rings is 1. The highest BCUT2D eigenvalue weighted by molar-refractivity contribution is 6.22. The highest BCUT2D eigenvalue weighted by Crippen LogP contribution is 2.63. The van der Waals surface area contributed by atoms with Crippen LogP contribution in [0, 0.1) is 0 Å². The van der Waals surface area contributed by atoms with Crippen molar-refractivity contribution in [2.75, 3.05) is 4.90 Å². The molecule has 0 aliphatic heterocycles. The summed E-state index contributed by atoms with van der Waals surface area (Å²) < 4.78 is 7.30. The molecule has 0 radical (unpaired) electrons. The first kappa shape index (κ1) is 36.0. The molecule has 63 heavy (non-hydrogen) atoms. The van der Waals surface area contributed by atoms with E-state index in [0.717, 1.165) is 33.6 Å². The number of nitrogens with zero attached hydrogens (tertiary/aromatic N) is 1. The molecule has 0 bridgehead atoms. The molecule has 1 aromatic heterocycles. The van der Waals surface area contributed by atoms with Crippen molar-refractivity contribution in [3.05, 3.63) is 234 Å². The van der Waals surface area contributed by atoms with Crippen molar-refractivity contribution in [2.45, 2.75) is 31.6 Å². The zero-order chi connectivity index (χ0) is 42.0. The molecule has 1 heterocycles. The molecule has 1 spiro atoms. The summed E-state index contributed by atoms with van der Waals surface area (Å²) in [6.07, 6.45) is 0. The van der Waals surface area contributed by atoms with Gasteiger partial charge in [0.2, 0.25) is 0 Å². The fraction of sp³-hybridized carbons (Fsp3) is 0.0820. The molecule has 2 aliphatic carbocycles. The second-order valence-electron chi connectivity index (χ2n) is 18.4. The molecule has 0 amide bonds. The Kier molecular flexibility index (Phi) is 7.52. The molecule has 2 aliphatic rings. The normalized spacial score (nSPS) is 13.4. The number of para-hydroxylation sites is 1. The maximum Gasteiger partial charge on any atom is 0.159 e. The average Bonchev–Trinajstić information content (AvgIpc) is 3.96. The largest absolute Gasteiger partial charge is 0.454 e. The van der Waals surface area contributed by atoms with Crippen LogP contribution in [0.15, 0.2) is 211 Å². The molecule has 0 unspecified atom stereocenters. The molecule has 0 saturated heterocycles. The van der Waals surface area contributed by atoms with Gasteiger partial charge in [-0.3, -0.25) is 0 Å². The maximum atomic E-state index is 7.30. The van der Waals surface area contributed by atoms with Crippen LogP contribution in [-0.4, -0.2) is 0 Å². The lowest BCUT2D eigenvalue weighted by Gasteiger charge is -2.32. The van der Waals surface area contributed by atoms with Gasteiger partial charge >= 0.3 is 0 Å². The van der Waals surface area contributed by atoms with Gasteiger partial charge in [0.25, 0.3) is 0 Å². The molecular weight excluding hydrogens is 763 g/mol. The summed E-state index contributed by atoms with van der Waals surface area (Å²) in [6.45, 7) is 6.85. The topological polar surface area (TPSA) is 16.4 Å². The van der Waals surface area contributed by atoms with E-state index >= 15 is 0 Å². The average molecular weight is 806 g/mol. The number of benzene rings is 10. The third-order valence-corrected chi connectivity index (χ3v) is 14.0. The minimum Gasteiger partial charge on any atom is -0.454 e. The van der Waals surface area contributed by atoms with Gasteiger partial charge in [-0.05, 0) is 119 Å². The molecule has 298 valence electrons. The monoisotopic (exact) mass is 805 g/mol. The lowest BCUT2D eigenvalue weighted by Crippen LogP contribution is -2.26. The molecule has 0 atom stereocenters. The van der Waals surface area contributed by atoms with E-state index in [0.29, 0.717) is 0 Å². The smallest absolute Gasteiger partial charge is 0.159 e. The SMILES string of the molecule is CC(C)(C)c1cc2ccccc2c2c1oc1c(N(c3ccc(-c4cccc5ccccc45)cc3)c3ccc4c(c3)C3(c5ccccc5-c5ccccc53)c3ccccc3-4)cccc12. The van der Waals surface area contributed by atoms with Crippen molar-refractivity contribution in [2.24, 2.45) is 0 Å². The fourth-order valence-electron chi connectivity index (χ4n) is 11.3. The Morgan fingerprint density at radius 1 is 0.397 bits per heavy atom. The first-order valence-corrected chi connectivity index (χ1v) is 22.1. The molecule has 13 rings (SSSR count). The highest BCUT2D eigenvalue weighted by atomic mass is 16.3. The van der Waals surface area contributed by atoms with Crippen LogP contribution in [0.1, 0.15) is 48.6 Å². The Labute approximate surface area is 367 Å². The molecule has 0 N–H and O–H groups in total. The van der Waals surface area contributed by atoms with Gasteiger partial charge in [0.15, 0.2) is 5.58 Å². The lowest BCUT2D eigenvalue weighted by molar-refractivity contribution is 0.573. The van der Waals surface area contributed by atoms with Gasteiger partial charge in [0, 0.05) is 27.7 Å². The van der Waals surface area contributed by atoms with Crippen molar-refractivity contribution in [1.29, 1.82) is 0 Å². The van der Waals surface area contributed by atoms with Crippen LogP contribution in [-0.2, 0) is 10.8 Å². The van der Waals surface area contributed by atoms with Gasteiger partial charge in [0.1, 0.15) is 5.58 Å². The predicted octanol–water partition coefficient (Wildman–Crippen LogP) is 16.7. The fourth-order valence-corrected chi connectivity index (χ4v) is 11.3. The van der Waals surface area contributed by atoms with Gasteiger partial charge < -0.3 is 9.32 Å². The van der Waals surface area contributed by atoms with Crippen LogP contribution >= 0.6 is 0 Å². The van der Waals surface area contributed by atoms with Crippen LogP contribution in [0.4, 0.5) is 17.1 Å². The zero-order valence-electron chi connectivity index (χ0n) is 35.5.